The number of amides is 1. The van der Waals surface area contributed by atoms with Crippen LogP contribution in [0.15, 0.2) is 71.6 Å². The summed E-state index contributed by atoms with van der Waals surface area (Å²) in [6.07, 6.45) is 3.07. The maximum Gasteiger partial charge on any atom is 0.262 e. The highest BCUT2D eigenvalue weighted by atomic mass is 32.2. The maximum absolute atomic E-state index is 13.0. The van der Waals surface area contributed by atoms with E-state index in [-0.39, 0.29) is 16.5 Å². The molecule has 0 bridgehead atoms. The number of carbonyl (C=O) groups excluding carboxylic acids is 1. The van der Waals surface area contributed by atoms with Crippen molar-refractivity contribution >= 4 is 33.0 Å². The van der Waals surface area contributed by atoms with Crippen molar-refractivity contribution in [3.8, 4) is 11.5 Å². The van der Waals surface area contributed by atoms with Crippen LogP contribution in [-0.4, -0.2) is 40.6 Å². The van der Waals surface area contributed by atoms with Gasteiger partial charge in [0.25, 0.3) is 15.9 Å². The molecule has 8 nitrogen and oxygen atoms in total. The van der Waals surface area contributed by atoms with E-state index >= 15 is 0 Å². The van der Waals surface area contributed by atoms with Gasteiger partial charge < -0.3 is 19.7 Å². The maximum atomic E-state index is 13.0. The first-order valence-electron chi connectivity index (χ1n) is 11.7. The standard InChI is InChI=1S/C26H27N3O5S/c30-26(27-20-7-4-9-22(17-20)29-12-1-2-13-29)19-6-3-8-21(16-19)28-35(31,32)23-10-11-24-25(18-23)34-15-5-14-33-24/h3-4,6-11,16-18,28H,1-2,5,12-15H2,(H,27,30). The molecule has 1 fully saturated rings. The lowest BCUT2D eigenvalue weighted by Crippen LogP contribution is -2.18. The molecular weight excluding hydrogens is 466 g/mol. The van der Waals surface area contributed by atoms with Gasteiger partial charge in [0.2, 0.25) is 0 Å². The van der Waals surface area contributed by atoms with Crippen molar-refractivity contribution in [2.75, 3.05) is 41.2 Å². The highest BCUT2D eigenvalue weighted by molar-refractivity contribution is 7.92. The quantitative estimate of drug-likeness (QED) is 0.525. The van der Waals surface area contributed by atoms with Crippen LogP contribution in [0.5, 0.6) is 11.5 Å². The number of nitrogens with zero attached hydrogens (tertiary/aromatic N) is 1. The molecule has 1 amide bonds. The van der Waals surface area contributed by atoms with Gasteiger partial charge in [0, 0.05) is 48.2 Å². The average Bonchev–Trinajstić information content (AvgIpc) is 3.29. The van der Waals surface area contributed by atoms with E-state index in [1.807, 2.05) is 24.3 Å². The summed E-state index contributed by atoms with van der Waals surface area (Å²) in [6, 6.07) is 18.7. The van der Waals surface area contributed by atoms with Crippen LogP contribution in [0.1, 0.15) is 29.6 Å². The molecule has 2 heterocycles. The molecule has 0 spiro atoms. The number of hydrogen-bond donors (Lipinski definition) is 2. The van der Waals surface area contributed by atoms with E-state index in [1.54, 1.807) is 24.3 Å². The molecule has 3 aromatic carbocycles. The zero-order chi connectivity index (χ0) is 24.3. The summed E-state index contributed by atoms with van der Waals surface area (Å²) in [5, 5.41) is 2.91. The number of fused-ring (bicyclic) bond motifs is 1. The van der Waals surface area contributed by atoms with Crippen LogP contribution in [0.3, 0.4) is 0 Å². The second kappa shape index (κ2) is 9.87. The van der Waals surface area contributed by atoms with Gasteiger partial charge in [0.15, 0.2) is 11.5 Å². The van der Waals surface area contributed by atoms with Crippen LogP contribution in [0.25, 0.3) is 0 Å². The Morgan fingerprint density at radius 2 is 1.54 bits per heavy atom. The number of sulfonamides is 1. The van der Waals surface area contributed by atoms with E-state index in [1.165, 1.54) is 31.0 Å². The molecule has 2 aliphatic heterocycles. The predicted octanol–water partition coefficient (Wildman–Crippen LogP) is 4.50. The van der Waals surface area contributed by atoms with E-state index in [0.717, 1.165) is 25.2 Å². The number of carbonyl (C=O) groups is 1. The average molecular weight is 494 g/mol. The summed E-state index contributed by atoms with van der Waals surface area (Å²) >= 11 is 0. The monoisotopic (exact) mass is 493 g/mol. The Morgan fingerprint density at radius 3 is 2.37 bits per heavy atom. The fraction of sp³-hybridized carbons (Fsp3) is 0.269. The summed E-state index contributed by atoms with van der Waals surface area (Å²) in [5.74, 6) is 0.601. The van der Waals surface area contributed by atoms with Crippen molar-refractivity contribution in [3.05, 3.63) is 72.3 Å². The Hall–Kier alpha value is -3.72. The van der Waals surface area contributed by atoms with Gasteiger partial charge in [-0.1, -0.05) is 12.1 Å². The van der Waals surface area contributed by atoms with Gasteiger partial charge >= 0.3 is 0 Å². The molecule has 0 atom stereocenters. The summed E-state index contributed by atoms with van der Waals surface area (Å²) in [7, 11) is -3.90. The first-order valence-corrected chi connectivity index (χ1v) is 13.2. The minimum Gasteiger partial charge on any atom is -0.490 e. The number of benzene rings is 3. The largest absolute Gasteiger partial charge is 0.490 e. The minimum absolute atomic E-state index is 0.0512. The topological polar surface area (TPSA) is 97.0 Å². The number of nitrogens with one attached hydrogen (secondary N) is 2. The van der Waals surface area contributed by atoms with E-state index in [9.17, 15) is 13.2 Å². The zero-order valence-electron chi connectivity index (χ0n) is 19.2. The molecule has 0 saturated carbocycles. The van der Waals surface area contributed by atoms with Gasteiger partial charge in [0.05, 0.1) is 18.1 Å². The van der Waals surface area contributed by atoms with E-state index < -0.39 is 10.0 Å². The van der Waals surface area contributed by atoms with E-state index in [0.29, 0.717) is 36.0 Å². The Balaban J connectivity index is 1.30. The second-order valence-electron chi connectivity index (χ2n) is 8.54. The Kier molecular flexibility index (Phi) is 6.50. The lowest BCUT2D eigenvalue weighted by atomic mass is 10.2. The fourth-order valence-corrected chi connectivity index (χ4v) is 5.27. The van der Waals surface area contributed by atoms with Crippen molar-refractivity contribution in [3.63, 3.8) is 0 Å². The number of hydrogen-bond acceptors (Lipinski definition) is 6. The Labute approximate surface area is 204 Å². The smallest absolute Gasteiger partial charge is 0.262 e. The molecule has 2 N–H and O–H groups in total. The molecule has 9 heteroatoms. The van der Waals surface area contributed by atoms with Gasteiger partial charge in [-0.15, -0.1) is 0 Å². The van der Waals surface area contributed by atoms with Crippen molar-refractivity contribution < 1.29 is 22.7 Å². The molecule has 0 radical (unpaired) electrons. The van der Waals surface area contributed by atoms with Gasteiger partial charge in [-0.25, -0.2) is 8.42 Å². The van der Waals surface area contributed by atoms with Crippen LogP contribution in [-0.2, 0) is 10.0 Å². The van der Waals surface area contributed by atoms with Gasteiger partial charge in [0.1, 0.15) is 0 Å². The number of rotatable bonds is 6. The molecule has 3 aromatic rings. The summed E-state index contributed by atoms with van der Waals surface area (Å²) < 4.78 is 39.7. The third-order valence-electron chi connectivity index (χ3n) is 5.98. The predicted molar refractivity (Wildman–Crippen MR) is 135 cm³/mol. The fourth-order valence-electron chi connectivity index (χ4n) is 4.21. The number of ether oxygens (including phenoxy) is 2. The summed E-state index contributed by atoms with van der Waals surface area (Å²) in [6.45, 7) is 3.02. The SMILES string of the molecule is O=C(Nc1cccc(N2CCCC2)c1)c1cccc(NS(=O)(=O)c2ccc3c(c2)OCCCO3)c1. The molecule has 35 heavy (non-hydrogen) atoms. The summed E-state index contributed by atoms with van der Waals surface area (Å²) in [5.41, 5.74) is 2.40. The molecule has 5 rings (SSSR count). The third-order valence-corrected chi connectivity index (χ3v) is 7.36. The molecule has 2 aliphatic rings. The lowest BCUT2D eigenvalue weighted by Gasteiger charge is -2.18. The molecule has 0 aromatic heterocycles. The van der Waals surface area contributed by atoms with E-state index in [4.69, 9.17) is 9.47 Å². The Morgan fingerprint density at radius 1 is 0.800 bits per heavy atom. The highest BCUT2D eigenvalue weighted by Gasteiger charge is 2.20. The molecule has 0 unspecified atom stereocenters. The van der Waals surface area contributed by atoms with Crippen LogP contribution in [0.4, 0.5) is 17.1 Å². The lowest BCUT2D eigenvalue weighted by molar-refractivity contribution is 0.102. The van der Waals surface area contributed by atoms with Crippen LogP contribution < -0.4 is 24.4 Å². The molecule has 182 valence electrons. The van der Waals surface area contributed by atoms with Crippen molar-refractivity contribution in [1.29, 1.82) is 0 Å². The van der Waals surface area contributed by atoms with Crippen LogP contribution in [0.2, 0.25) is 0 Å². The van der Waals surface area contributed by atoms with E-state index in [2.05, 4.69) is 14.9 Å². The summed E-state index contributed by atoms with van der Waals surface area (Å²) in [4.78, 5) is 15.2. The normalized spacial score (nSPS) is 15.4. The first-order chi connectivity index (χ1) is 17.0. The third kappa shape index (κ3) is 5.35. The van der Waals surface area contributed by atoms with Crippen LogP contribution in [0, 0.1) is 0 Å². The second-order valence-corrected chi connectivity index (χ2v) is 10.2. The molecular formula is C26H27N3O5S. The highest BCUT2D eigenvalue weighted by Crippen LogP contribution is 2.32. The van der Waals surface area contributed by atoms with Crippen LogP contribution >= 0.6 is 0 Å². The minimum atomic E-state index is -3.90. The van der Waals surface area contributed by atoms with Crippen molar-refractivity contribution in [1.82, 2.24) is 0 Å². The first kappa shape index (κ1) is 23.0. The number of anilines is 3. The molecule has 0 aliphatic carbocycles. The zero-order valence-corrected chi connectivity index (χ0v) is 20.0. The Bertz CT molecular complexity index is 1340. The van der Waals surface area contributed by atoms with Gasteiger partial charge in [-0.3, -0.25) is 9.52 Å². The van der Waals surface area contributed by atoms with Crippen molar-refractivity contribution in [2.45, 2.75) is 24.2 Å². The van der Waals surface area contributed by atoms with Crippen molar-refractivity contribution in [2.24, 2.45) is 0 Å². The molecule has 1 saturated heterocycles. The van der Waals surface area contributed by atoms with Gasteiger partial charge in [-0.2, -0.15) is 0 Å². The van der Waals surface area contributed by atoms with Gasteiger partial charge in [-0.05, 0) is 61.4 Å².